The second-order valence-electron chi connectivity index (χ2n) is 9.20. The van der Waals surface area contributed by atoms with Crippen LogP contribution in [-0.2, 0) is 33.3 Å². The number of methoxy groups -OCH3 is 1. The number of amides is 1. The number of nitrogens with zero attached hydrogens (tertiary/aromatic N) is 1. The highest BCUT2D eigenvalue weighted by molar-refractivity contribution is 5.74. The molecule has 1 amide bonds. The van der Waals surface area contributed by atoms with E-state index in [-0.39, 0.29) is 12.5 Å². The molecule has 0 bridgehead atoms. The van der Waals surface area contributed by atoms with Crippen LogP contribution in [0.15, 0.2) is 30.3 Å². The van der Waals surface area contributed by atoms with E-state index in [9.17, 15) is 9.59 Å². The zero-order valence-corrected chi connectivity index (χ0v) is 19.7. The van der Waals surface area contributed by atoms with E-state index >= 15 is 0 Å². The van der Waals surface area contributed by atoms with Crippen LogP contribution in [-0.4, -0.2) is 67.7 Å². The Labute approximate surface area is 195 Å². The molecule has 1 aromatic rings. The van der Waals surface area contributed by atoms with Gasteiger partial charge in [-0.15, -0.1) is 0 Å². The fourth-order valence-corrected chi connectivity index (χ4v) is 5.30. The van der Waals surface area contributed by atoms with Gasteiger partial charge in [0.05, 0.1) is 6.61 Å². The van der Waals surface area contributed by atoms with Gasteiger partial charge in [0.2, 0.25) is 5.91 Å². The van der Waals surface area contributed by atoms with Crippen molar-refractivity contribution in [1.82, 2.24) is 4.90 Å². The first kappa shape index (κ1) is 24.1. The van der Waals surface area contributed by atoms with E-state index in [0.29, 0.717) is 12.5 Å². The third kappa shape index (κ3) is 5.57. The van der Waals surface area contributed by atoms with Crippen LogP contribution in [0.25, 0.3) is 0 Å². The molecule has 8 nitrogen and oxygen atoms in total. The molecule has 0 unspecified atom stereocenters. The van der Waals surface area contributed by atoms with Crippen LogP contribution < -0.4 is 0 Å². The zero-order valence-electron chi connectivity index (χ0n) is 19.7. The lowest BCUT2D eigenvalue weighted by Crippen LogP contribution is -2.68. The monoisotopic (exact) mass is 461 g/mol. The van der Waals surface area contributed by atoms with E-state index in [0.717, 1.165) is 18.4 Å². The molecule has 2 saturated heterocycles. The molecule has 3 aliphatic rings. The number of esters is 1. The van der Waals surface area contributed by atoms with Crippen molar-refractivity contribution in [3.05, 3.63) is 35.9 Å². The minimum atomic E-state index is -0.761. The molecule has 2 aliphatic heterocycles. The number of rotatable bonds is 6. The van der Waals surface area contributed by atoms with Gasteiger partial charge in [-0.3, -0.25) is 9.59 Å². The summed E-state index contributed by atoms with van der Waals surface area (Å²) in [5.41, 5.74) is 0.869. The van der Waals surface area contributed by atoms with E-state index in [1.807, 2.05) is 30.3 Å². The van der Waals surface area contributed by atoms with Crippen LogP contribution in [0.4, 0.5) is 0 Å². The highest BCUT2D eigenvalue weighted by Crippen LogP contribution is 2.38. The summed E-state index contributed by atoms with van der Waals surface area (Å²) >= 11 is 0. The Bertz CT molecular complexity index is 797. The van der Waals surface area contributed by atoms with E-state index in [2.05, 4.69) is 0 Å². The highest BCUT2D eigenvalue weighted by atomic mass is 16.7. The maximum absolute atomic E-state index is 12.9. The summed E-state index contributed by atoms with van der Waals surface area (Å²) in [7, 11) is 1.54. The van der Waals surface area contributed by atoms with Crippen LogP contribution >= 0.6 is 0 Å². The van der Waals surface area contributed by atoms with Gasteiger partial charge in [0.1, 0.15) is 18.2 Å². The number of hydrogen-bond donors (Lipinski definition) is 0. The van der Waals surface area contributed by atoms with Gasteiger partial charge in [0, 0.05) is 33.1 Å². The van der Waals surface area contributed by atoms with Crippen molar-refractivity contribution in [3.8, 4) is 0 Å². The lowest BCUT2D eigenvalue weighted by atomic mass is 9.87. The summed E-state index contributed by atoms with van der Waals surface area (Å²) < 4.78 is 30.0. The predicted molar refractivity (Wildman–Crippen MR) is 119 cm³/mol. The molecule has 0 aromatic heterocycles. The minimum absolute atomic E-state index is 0.0986. The van der Waals surface area contributed by atoms with Gasteiger partial charge in [-0.05, 0) is 18.8 Å². The van der Waals surface area contributed by atoms with Crippen molar-refractivity contribution in [1.29, 1.82) is 0 Å². The Kier molecular flexibility index (Phi) is 8.01. The SMILES string of the molecule is CO[C@H]1O[C@@H]2CO[C@@H](c3ccccc3)O[C@H]2[C@@H](OC(C)=O)[C@@H]1N(CC1CCCCC1)C(C)=O. The fourth-order valence-electron chi connectivity index (χ4n) is 5.30. The molecule has 0 spiro atoms. The molecule has 0 N–H and O–H groups in total. The third-order valence-corrected chi connectivity index (χ3v) is 6.86. The van der Waals surface area contributed by atoms with Crippen molar-refractivity contribution in [3.63, 3.8) is 0 Å². The van der Waals surface area contributed by atoms with E-state index < -0.39 is 42.9 Å². The van der Waals surface area contributed by atoms with Gasteiger partial charge in [-0.25, -0.2) is 0 Å². The summed E-state index contributed by atoms with van der Waals surface area (Å²) in [5, 5.41) is 0. The molecule has 0 radical (unpaired) electrons. The van der Waals surface area contributed by atoms with Crippen molar-refractivity contribution < 1.29 is 33.3 Å². The average molecular weight is 462 g/mol. The molecule has 1 aliphatic carbocycles. The van der Waals surface area contributed by atoms with E-state index in [1.165, 1.54) is 26.2 Å². The fraction of sp³-hybridized carbons (Fsp3) is 0.680. The maximum atomic E-state index is 12.9. The minimum Gasteiger partial charge on any atom is -0.457 e. The van der Waals surface area contributed by atoms with Crippen LogP contribution in [0.1, 0.15) is 57.8 Å². The Hall–Kier alpha value is -2.00. The van der Waals surface area contributed by atoms with Crippen LogP contribution in [0.3, 0.4) is 0 Å². The normalized spacial score (nSPS) is 32.6. The second kappa shape index (κ2) is 11.0. The smallest absolute Gasteiger partial charge is 0.303 e. The van der Waals surface area contributed by atoms with Crippen LogP contribution in [0.5, 0.6) is 0 Å². The van der Waals surface area contributed by atoms with Gasteiger partial charge >= 0.3 is 5.97 Å². The lowest BCUT2D eigenvalue weighted by Gasteiger charge is -2.51. The molecule has 1 aromatic carbocycles. The Morgan fingerprint density at radius 2 is 1.79 bits per heavy atom. The molecular formula is C25H35NO7. The number of benzene rings is 1. The number of carbonyl (C=O) groups is 2. The van der Waals surface area contributed by atoms with Gasteiger partial charge < -0.3 is 28.6 Å². The zero-order chi connectivity index (χ0) is 23.4. The molecule has 182 valence electrons. The lowest BCUT2D eigenvalue weighted by molar-refractivity contribution is -0.349. The van der Waals surface area contributed by atoms with E-state index in [1.54, 1.807) is 18.9 Å². The molecular weight excluding hydrogens is 426 g/mol. The van der Waals surface area contributed by atoms with Crippen LogP contribution in [0, 0.1) is 5.92 Å². The van der Waals surface area contributed by atoms with Crippen molar-refractivity contribution in [2.45, 2.75) is 82.9 Å². The molecule has 33 heavy (non-hydrogen) atoms. The Balaban J connectivity index is 1.62. The maximum Gasteiger partial charge on any atom is 0.303 e. The largest absolute Gasteiger partial charge is 0.457 e. The number of hydrogen-bond acceptors (Lipinski definition) is 7. The topological polar surface area (TPSA) is 83.5 Å². The molecule has 2 heterocycles. The van der Waals surface area contributed by atoms with Gasteiger partial charge in [-0.1, -0.05) is 49.6 Å². The molecule has 8 heteroatoms. The predicted octanol–water partition coefficient (Wildman–Crippen LogP) is 3.20. The summed E-state index contributed by atoms with van der Waals surface area (Å²) in [4.78, 5) is 26.8. The van der Waals surface area contributed by atoms with Crippen molar-refractivity contribution in [2.24, 2.45) is 5.92 Å². The van der Waals surface area contributed by atoms with Crippen molar-refractivity contribution in [2.75, 3.05) is 20.3 Å². The first-order valence-electron chi connectivity index (χ1n) is 11.9. The van der Waals surface area contributed by atoms with Crippen LogP contribution in [0.2, 0.25) is 0 Å². The second-order valence-corrected chi connectivity index (χ2v) is 9.20. The van der Waals surface area contributed by atoms with Gasteiger partial charge in [0.15, 0.2) is 18.7 Å². The van der Waals surface area contributed by atoms with E-state index in [4.69, 9.17) is 23.7 Å². The molecule has 1 saturated carbocycles. The first-order valence-corrected chi connectivity index (χ1v) is 11.9. The number of fused-ring (bicyclic) bond motifs is 1. The summed E-state index contributed by atoms with van der Waals surface area (Å²) in [6.07, 6.45) is 2.54. The first-order chi connectivity index (χ1) is 16.0. The van der Waals surface area contributed by atoms with Gasteiger partial charge in [-0.2, -0.15) is 0 Å². The number of carbonyl (C=O) groups excluding carboxylic acids is 2. The third-order valence-electron chi connectivity index (χ3n) is 6.86. The Morgan fingerprint density at radius 1 is 1.06 bits per heavy atom. The standard InChI is InChI=1S/C25H35NO7/c1-16(27)26(14-18-10-6-4-7-11-18)21-23(31-17(2)28)22-20(32-25(21)29-3)15-30-24(33-22)19-12-8-5-9-13-19/h5,8-9,12-13,18,20-25H,4,6-7,10-11,14-15H2,1-3H3/t20-,21+,22-,23+,24-,25+/m1/s1. The molecule has 3 fully saturated rings. The van der Waals surface area contributed by atoms with Gasteiger partial charge in [0.25, 0.3) is 0 Å². The number of ether oxygens (including phenoxy) is 5. The highest BCUT2D eigenvalue weighted by Gasteiger charge is 2.54. The average Bonchev–Trinajstić information content (AvgIpc) is 2.83. The summed E-state index contributed by atoms with van der Waals surface area (Å²) in [6, 6.07) is 9.00. The van der Waals surface area contributed by atoms with Crippen molar-refractivity contribution >= 4 is 11.9 Å². The quantitative estimate of drug-likeness (QED) is 0.602. The molecule has 6 atom stereocenters. The summed E-state index contributed by atoms with van der Waals surface area (Å²) in [5.74, 6) is -0.130. The molecule has 4 rings (SSSR count). The Morgan fingerprint density at radius 3 is 2.42 bits per heavy atom. The summed E-state index contributed by atoms with van der Waals surface area (Å²) in [6.45, 7) is 3.76.